The summed E-state index contributed by atoms with van der Waals surface area (Å²) < 4.78 is 19.4. The molecule has 1 unspecified atom stereocenters. The van der Waals surface area contributed by atoms with Crippen molar-refractivity contribution < 1.29 is 23.7 Å². The normalized spacial score (nSPS) is 30.8. The highest BCUT2D eigenvalue weighted by Crippen LogP contribution is 2.65. The minimum absolute atomic E-state index is 0.0388. The van der Waals surface area contributed by atoms with Gasteiger partial charge in [0.05, 0.1) is 36.6 Å². The highest BCUT2D eigenvalue weighted by Gasteiger charge is 2.68. The van der Waals surface area contributed by atoms with Crippen molar-refractivity contribution in [1.82, 2.24) is 5.32 Å². The molecule has 7 nitrogen and oxygen atoms in total. The fourth-order valence-corrected chi connectivity index (χ4v) is 8.26. The van der Waals surface area contributed by atoms with Crippen molar-refractivity contribution in [1.29, 1.82) is 0 Å². The number of amides is 1. The molecular weight excluding hydrogens is 598 g/mol. The van der Waals surface area contributed by atoms with E-state index in [4.69, 9.17) is 42.1 Å². The number of rotatable bonds is 11. The predicted molar refractivity (Wildman–Crippen MR) is 174 cm³/mol. The molecule has 1 amide bonds. The Kier molecular flexibility index (Phi) is 8.88. The van der Waals surface area contributed by atoms with E-state index >= 15 is 0 Å². The van der Waals surface area contributed by atoms with E-state index in [9.17, 15) is 4.79 Å². The summed E-state index contributed by atoms with van der Waals surface area (Å²) in [5.74, 6) is 0.868. The number of carbonyl (C=O) groups is 1. The molecule has 7 rings (SSSR count). The molecule has 2 aromatic carbocycles. The lowest BCUT2D eigenvalue weighted by Crippen LogP contribution is -2.65. The highest BCUT2D eigenvalue weighted by molar-refractivity contribution is 6.48. The largest absolute Gasteiger partial charge is 0.481 e. The molecule has 10 heteroatoms. The topological polar surface area (TPSA) is 78.4 Å². The average Bonchev–Trinajstić information content (AvgIpc) is 3.56. The summed E-state index contributed by atoms with van der Waals surface area (Å²) in [5.41, 5.74) is 1.10. The zero-order valence-corrected chi connectivity index (χ0v) is 27.8. The van der Waals surface area contributed by atoms with Crippen molar-refractivity contribution in [3.8, 4) is 0 Å². The summed E-state index contributed by atoms with van der Waals surface area (Å²) in [7, 11) is -0.521. The van der Waals surface area contributed by atoms with E-state index < -0.39 is 12.7 Å². The van der Waals surface area contributed by atoms with Crippen molar-refractivity contribution in [2.45, 2.75) is 96.6 Å². The number of hydrogen-bond acceptors (Lipinski definition) is 6. The Labute approximate surface area is 271 Å². The quantitative estimate of drug-likeness (QED) is 0.266. The molecule has 2 bridgehead atoms. The van der Waals surface area contributed by atoms with Crippen LogP contribution in [-0.4, -0.2) is 48.6 Å². The van der Waals surface area contributed by atoms with E-state index in [0.717, 1.165) is 24.0 Å². The summed E-state index contributed by atoms with van der Waals surface area (Å²) in [4.78, 5) is 20.4. The second kappa shape index (κ2) is 12.3. The van der Waals surface area contributed by atoms with Crippen LogP contribution in [0.3, 0.4) is 0 Å². The van der Waals surface area contributed by atoms with Crippen molar-refractivity contribution in [2.75, 3.05) is 6.61 Å². The first kappa shape index (κ1) is 31.9. The number of carbonyl (C=O) groups excluding carboxylic acids is 1. The second-order valence-electron chi connectivity index (χ2n) is 14.4. The minimum Gasteiger partial charge on any atom is -0.404 e. The van der Waals surface area contributed by atoms with E-state index in [1.165, 1.54) is 6.42 Å². The van der Waals surface area contributed by atoms with Crippen molar-refractivity contribution in [2.24, 2.45) is 28.3 Å². The maximum Gasteiger partial charge on any atom is 0.481 e. The lowest BCUT2D eigenvalue weighted by molar-refractivity contribution is -0.199. The first-order valence-electron chi connectivity index (χ1n) is 15.8. The Morgan fingerprint density at radius 2 is 1.89 bits per heavy atom. The zero-order chi connectivity index (χ0) is 31.3. The maximum atomic E-state index is 14.3. The van der Waals surface area contributed by atoms with Crippen LogP contribution in [0.15, 0.2) is 53.7 Å². The predicted octanol–water partition coefficient (Wildman–Crippen LogP) is 7.07. The van der Waals surface area contributed by atoms with Crippen LogP contribution in [0.1, 0.15) is 71.4 Å². The van der Waals surface area contributed by atoms with Crippen LogP contribution < -0.4 is 5.32 Å². The van der Waals surface area contributed by atoms with Crippen LogP contribution in [0.5, 0.6) is 0 Å². The van der Waals surface area contributed by atoms with E-state index in [2.05, 4.69) is 45.1 Å². The molecule has 6 atom stereocenters. The number of nitrogens with one attached hydrogen (secondary N) is 1. The third-order valence-electron chi connectivity index (χ3n) is 10.5. The van der Waals surface area contributed by atoms with Crippen molar-refractivity contribution in [3.05, 3.63) is 69.7 Å². The van der Waals surface area contributed by atoms with Crippen molar-refractivity contribution in [3.63, 3.8) is 0 Å². The molecule has 2 aliphatic heterocycles. The number of nitrogens with zero attached hydrogens (tertiary/aromatic N) is 1. The lowest BCUT2D eigenvalue weighted by atomic mass is 9.43. The first-order valence-corrected chi connectivity index (χ1v) is 16.6. The van der Waals surface area contributed by atoms with Gasteiger partial charge in [-0.3, -0.25) is 4.79 Å². The maximum absolute atomic E-state index is 14.3. The van der Waals surface area contributed by atoms with Crippen LogP contribution in [0.2, 0.25) is 10.0 Å². The Morgan fingerprint density at radius 1 is 1.11 bits per heavy atom. The van der Waals surface area contributed by atoms with Gasteiger partial charge in [-0.05, 0) is 78.7 Å². The summed E-state index contributed by atoms with van der Waals surface area (Å²) in [6.45, 7) is 11.7. The molecule has 0 spiro atoms. The van der Waals surface area contributed by atoms with E-state index in [1.807, 2.05) is 30.3 Å². The molecule has 0 radical (unpaired) electrons. The molecular formula is C34H43BCl2N2O5. The number of ether oxygens (including phenoxy) is 1. The van der Waals surface area contributed by atoms with Crippen LogP contribution >= 0.6 is 23.2 Å². The monoisotopic (exact) mass is 640 g/mol. The average molecular weight is 641 g/mol. The van der Waals surface area contributed by atoms with E-state index in [-0.39, 0.29) is 42.2 Å². The Hall–Kier alpha value is -2.10. The van der Waals surface area contributed by atoms with Crippen LogP contribution in [0.4, 0.5) is 0 Å². The van der Waals surface area contributed by atoms with Crippen LogP contribution in [0.25, 0.3) is 0 Å². The first-order chi connectivity index (χ1) is 20.9. The van der Waals surface area contributed by atoms with Gasteiger partial charge in [-0.15, -0.1) is 0 Å². The third-order valence-corrected chi connectivity index (χ3v) is 11.1. The summed E-state index contributed by atoms with van der Waals surface area (Å²) in [6, 6.07) is 15.2. The fourth-order valence-electron chi connectivity index (χ4n) is 7.90. The SMILES string of the molecule is CC(C)C[C@H](NC(=O)C1(Cc2ccccc2)CC(COCc2cc(Cl)ccc2Cl)=NO1)B1O[C@@H]2C[C@@H]3C[C@@H](C3(C)C)[C@]2(C)O1. The number of oxime groups is 1. The Morgan fingerprint density at radius 3 is 2.61 bits per heavy atom. The van der Waals surface area contributed by atoms with Gasteiger partial charge in [0.2, 0.25) is 5.60 Å². The summed E-state index contributed by atoms with van der Waals surface area (Å²) in [5, 5.41) is 8.85. The number of benzene rings is 2. The van der Waals surface area contributed by atoms with Gasteiger partial charge in [0.1, 0.15) is 0 Å². The van der Waals surface area contributed by atoms with Gasteiger partial charge in [-0.2, -0.15) is 0 Å². The molecule has 2 aromatic rings. The number of hydrogen-bond donors (Lipinski definition) is 1. The summed E-state index contributed by atoms with van der Waals surface area (Å²) in [6.07, 6.45) is 3.60. The van der Waals surface area contributed by atoms with Crippen LogP contribution in [0, 0.1) is 23.2 Å². The molecule has 4 fully saturated rings. The standard InChI is InChI=1S/C34H43BCl2N2O5/c1-21(2)13-30(35-42-29-16-24-15-28(32(24,3)4)33(29,5)43-35)38-31(40)34(17-22-9-7-6-8-10-22)18-26(39-44-34)20-41-19-23-14-25(36)11-12-27(23)37/h6-12,14,21,24,28-30H,13,15-20H2,1-5H3,(H,38,40)/t24-,28-,29+,30-,33-,34?/m0/s1. The Balaban J connectivity index is 1.17. The molecule has 2 heterocycles. The van der Waals surface area contributed by atoms with Gasteiger partial charge in [0, 0.05) is 22.9 Å². The summed E-state index contributed by atoms with van der Waals surface area (Å²) >= 11 is 12.4. The zero-order valence-electron chi connectivity index (χ0n) is 26.3. The molecule has 5 aliphatic rings. The molecule has 1 saturated heterocycles. The smallest absolute Gasteiger partial charge is 0.404 e. The van der Waals surface area contributed by atoms with Gasteiger partial charge < -0.3 is 24.2 Å². The van der Waals surface area contributed by atoms with E-state index in [0.29, 0.717) is 46.4 Å². The molecule has 3 aliphatic carbocycles. The molecule has 236 valence electrons. The third kappa shape index (κ3) is 6.05. The molecule has 1 N–H and O–H groups in total. The van der Waals surface area contributed by atoms with Gasteiger partial charge in [-0.25, -0.2) is 0 Å². The second-order valence-corrected chi connectivity index (χ2v) is 15.2. The fraction of sp³-hybridized carbons (Fsp3) is 0.588. The molecule has 3 saturated carbocycles. The number of halogens is 2. The molecule has 0 aromatic heterocycles. The van der Waals surface area contributed by atoms with Gasteiger partial charge in [0.25, 0.3) is 5.91 Å². The van der Waals surface area contributed by atoms with Crippen molar-refractivity contribution >= 4 is 41.9 Å². The minimum atomic E-state index is -1.22. The lowest BCUT2D eigenvalue weighted by Gasteiger charge is -2.64. The molecule has 44 heavy (non-hydrogen) atoms. The van der Waals surface area contributed by atoms with Gasteiger partial charge >= 0.3 is 7.12 Å². The highest BCUT2D eigenvalue weighted by atomic mass is 35.5. The van der Waals surface area contributed by atoms with Gasteiger partial charge in [-0.1, -0.05) is 86.4 Å². The van der Waals surface area contributed by atoms with Gasteiger partial charge in [0.15, 0.2) is 0 Å². The van der Waals surface area contributed by atoms with Crippen LogP contribution in [-0.2, 0) is 36.7 Å². The van der Waals surface area contributed by atoms with E-state index in [1.54, 1.807) is 18.2 Å². The Bertz CT molecular complexity index is 1410.